The van der Waals surface area contributed by atoms with E-state index < -0.39 is 0 Å². The summed E-state index contributed by atoms with van der Waals surface area (Å²) in [6, 6.07) is 4.07. The molecule has 0 unspecified atom stereocenters. The maximum absolute atomic E-state index is 5.16. The van der Waals surface area contributed by atoms with Crippen LogP contribution in [0.15, 0.2) is 24.5 Å². The molecule has 0 aromatic carbocycles. The largest absolute Gasteiger partial charge is 0.383 e. The van der Waals surface area contributed by atoms with Gasteiger partial charge < -0.3 is 10.1 Å². The van der Waals surface area contributed by atoms with E-state index in [0.29, 0.717) is 5.92 Å². The molecule has 1 aromatic heterocycles. The van der Waals surface area contributed by atoms with Crippen molar-refractivity contribution in [2.45, 2.75) is 20.4 Å². The minimum atomic E-state index is 0.690. The van der Waals surface area contributed by atoms with Crippen molar-refractivity contribution in [3.63, 3.8) is 0 Å². The summed E-state index contributed by atoms with van der Waals surface area (Å²) in [4.78, 5) is 6.56. The van der Waals surface area contributed by atoms with Gasteiger partial charge in [-0.15, -0.1) is 0 Å². The van der Waals surface area contributed by atoms with Crippen LogP contribution in [-0.2, 0) is 11.3 Å². The summed E-state index contributed by atoms with van der Waals surface area (Å²) in [7, 11) is 1.76. The number of pyridine rings is 1. The zero-order valence-electron chi connectivity index (χ0n) is 12.4. The molecule has 0 amide bonds. The van der Waals surface area contributed by atoms with Gasteiger partial charge in [0.25, 0.3) is 0 Å². The molecule has 108 valence electrons. The fraction of sp³-hybridized carbons (Fsp3) is 0.667. The van der Waals surface area contributed by atoms with E-state index in [0.717, 1.165) is 39.3 Å². The maximum atomic E-state index is 5.16. The van der Waals surface area contributed by atoms with Crippen LogP contribution in [0.25, 0.3) is 0 Å². The molecule has 0 saturated carbocycles. The molecule has 1 rings (SSSR count). The highest BCUT2D eigenvalue weighted by Gasteiger charge is 2.06. The standard InChI is InChI=1S/C15H27N3O/c1-14(2)13-18(9-10-19-3)8-7-17-12-15-5-4-6-16-11-15/h4-6,11,14,17H,7-10,12-13H2,1-3H3. The molecule has 0 aliphatic rings. The first-order valence-electron chi connectivity index (χ1n) is 7.03. The molecule has 0 saturated heterocycles. The average molecular weight is 265 g/mol. The topological polar surface area (TPSA) is 37.4 Å². The van der Waals surface area contributed by atoms with Gasteiger partial charge in [0, 0.05) is 52.2 Å². The van der Waals surface area contributed by atoms with Gasteiger partial charge in [0.1, 0.15) is 0 Å². The number of nitrogens with zero attached hydrogens (tertiary/aromatic N) is 2. The summed E-state index contributed by atoms with van der Waals surface area (Å²) < 4.78 is 5.16. The Morgan fingerprint density at radius 3 is 2.84 bits per heavy atom. The van der Waals surface area contributed by atoms with E-state index >= 15 is 0 Å². The molecule has 0 bridgehead atoms. The molecule has 0 aliphatic carbocycles. The van der Waals surface area contributed by atoms with Gasteiger partial charge in [-0.3, -0.25) is 9.88 Å². The van der Waals surface area contributed by atoms with Crippen LogP contribution in [-0.4, -0.2) is 49.8 Å². The highest BCUT2D eigenvalue weighted by molar-refractivity contribution is 5.07. The summed E-state index contributed by atoms with van der Waals surface area (Å²) in [5.41, 5.74) is 1.23. The zero-order chi connectivity index (χ0) is 13.9. The molecule has 4 heteroatoms. The van der Waals surface area contributed by atoms with Crippen LogP contribution in [0, 0.1) is 5.92 Å². The number of rotatable bonds is 10. The van der Waals surface area contributed by atoms with Gasteiger partial charge in [0.2, 0.25) is 0 Å². The molecule has 0 spiro atoms. The quantitative estimate of drug-likeness (QED) is 0.654. The highest BCUT2D eigenvalue weighted by Crippen LogP contribution is 1.98. The van der Waals surface area contributed by atoms with Gasteiger partial charge in [-0.05, 0) is 17.5 Å². The van der Waals surface area contributed by atoms with Crippen molar-refractivity contribution in [3.05, 3.63) is 30.1 Å². The molecule has 1 aromatic rings. The number of aromatic nitrogens is 1. The Balaban J connectivity index is 2.19. The van der Waals surface area contributed by atoms with Crippen LogP contribution >= 0.6 is 0 Å². The Labute approximate surface area is 117 Å². The molecular weight excluding hydrogens is 238 g/mol. The number of hydrogen-bond acceptors (Lipinski definition) is 4. The lowest BCUT2D eigenvalue weighted by Gasteiger charge is -2.24. The zero-order valence-corrected chi connectivity index (χ0v) is 12.4. The van der Waals surface area contributed by atoms with Crippen LogP contribution < -0.4 is 5.32 Å². The third-order valence-corrected chi connectivity index (χ3v) is 2.89. The first-order valence-corrected chi connectivity index (χ1v) is 7.03. The smallest absolute Gasteiger partial charge is 0.0589 e. The lowest BCUT2D eigenvalue weighted by molar-refractivity contribution is 0.140. The molecule has 19 heavy (non-hydrogen) atoms. The van der Waals surface area contributed by atoms with E-state index in [1.54, 1.807) is 13.3 Å². The summed E-state index contributed by atoms with van der Waals surface area (Å²) in [6.45, 7) is 10.4. The summed E-state index contributed by atoms with van der Waals surface area (Å²) in [5, 5.41) is 3.46. The SMILES string of the molecule is COCCN(CCNCc1cccnc1)CC(C)C. The predicted molar refractivity (Wildman–Crippen MR) is 79.1 cm³/mol. The molecule has 0 fully saturated rings. The fourth-order valence-electron chi connectivity index (χ4n) is 2.00. The molecule has 0 atom stereocenters. The van der Waals surface area contributed by atoms with Gasteiger partial charge in [-0.25, -0.2) is 0 Å². The van der Waals surface area contributed by atoms with Crippen molar-refractivity contribution in [1.29, 1.82) is 0 Å². The van der Waals surface area contributed by atoms with Crippen molar-refractivity contribution in [1.82, 2.24) is 15.2 Å². The minimum absolute atomic E-state index is 0.690. The Bertz CT molecular complexity index is 316. The Morgan fingerprint density at radius 1 is 1.37 bits per heavy atom. The second-order valence-electron chi connectivity index (χ2n) is 5.23. The Kier molecular flexibility index (Phi) is 8.38. The van der Waals surface area contributed by atoms with Crippen LogP contribution in [0.4, 0.5) is 0 Å². The predicted octanol–water partition coefficient (Wildman–Crippen LogP) is 1.78. The first kappa shape index (κ1) is 16.1. The summed E-state index contributed by atoms with van der Waals surface area (Å²) >= 11 is 0. The second-order valence-corrected chi connectivity index (χ2v) is 5.23. The van der Waals surface area contributed by atoms with E-state index in [9.17, 15) is 0 Å². The highest BCUT2D eigenvalue weighted by atomic mass is 16.5. The first-order chi connectivity index (χ1) is 9.22. The molecule has 4 nitrogen and oxygen atoms in total. The van der Waals surface area contributed by atoms with E-state index in [1.165, 1.54) is 5.56 Å². The molecule has 1 N–H and O–H groups in total. The number of nitrogens with one attached hydrogen (secondary N) is 1. The lowest BCUT2D eigenvalue weighted by Crippen LogP contribution is -2.36. The van der Waals surface area contributed by atoms with Crippen LogP contribution in [0.1, 0.15) is 19.4 Å². The van der Waals surface area contributed by atoms with E-state index in [4.69, 9.17) is 4.74 Å². The Morgan fingerprint density at radius 2 is 2.21 bits per heavy atom. The van der Waals surface area contributed by atoms with Gasteiger partial charge in [-0.2, -0.15) is 0 Å². The lowest BCUT2D eigenvalue weighted by atomic mass is 10.2. The summed E-state index contributed by atoms with van der Waals surface area (Å²) in [6.07, 6.45) is 3.71. The second kappa shape index (κ2) is 9.89. The van der Waals surface area contributed by atoms with E-state index in [2.05, 4.69) is 35.1 Å². The average Bonchev–Trinajstić information content (AvgIpc) is 2.41. The third-order valence-electron chi connectivity index (χ3n) is 2.89. The number of methoxy groups -OCH3 is 1. The number of hydrogen-bond donors (Lipinski definition) is 1. The molecule has 0 radical (unpaired) electrons. The number of ether oxygens (including phenoxy) is 1. The van der Waals surface area contributed by atoms with Gasteiger partial charge in [0.15, 0.2) is 0 Å². The van der Waals surface area contributed by atoms with Crippen molar-refractivity contribution >= 4 is 0 Å². The molecule has 0 aliphatic heterocycles. The van der Waals surface area contributed by atoms with Crippen molar-refractivity contribution in [2.75, 3.05) is 39.9 Å². The van der Waals surface area contributed by atoms with Gasteiger partial charge in [0.05, 0.1) is 6.61 Å². The Hall–Kier alpha value is -0.970. The van der Waals surface area contributed by atoms with Crippen molar-refractivity contribution < 1.29 is 4.74 Å². The summed E-state index contributed by atoms with van der Waals surface area (Å²) in [5.74, 6) is 0.690. The van der Waals surface area contributed by atoms with Crippen molar-refractivity contribution in [3.8, 4) is 0 Å². The molecular formula is C15H27N3O. The van der Waals surface area contributed by atoms with E-state index in [-0.39, 0.29) is 0 Å². The van der Waals surface area contributed by atoms with Gasteiger partial charge >= 0.3 is 0 Å². The van der Waals surface area contributed by atoms with E-state index in [1.807, 2.05) is 12.3 Å². The van der Waals surface area contributed by atoms with Crippen molar-refractivity contribution in [2.24, 2.45) is 5.92 Å². The fourth-order valence-corrected chi connectivity index (χ4v) is 2.00. The third kappa shape index (κ3) is 7.93. The minimum Gasteiger partial charge on any atom is -0.383 e. The maximum Gasteiger partial charge on any atom is 0.0589 e. The van der Waals surface area contributed by atoms with Gasteiger partial charge in [-0.1, -0.05) is 19.9 Å². The normalized spacial score (nSPS) is 11.4. The van der Waals surface area contributed by atoms with Crippen LogP contribution in [0.5, 0.6) is 0 Å². The van der Waals surface area contributed by atoms with Crippen LogP contribution in [0.2, 0.25) is 0 Å². The molecule has 1 heterocycles. The van der Waals surface area contributed by atoms with Crippen LogP contribution in [0.3, 0.4) is 0 Å². The monoisotopic (exact) mass is 265 g/mol.